The Bertz CT molecular complexity index is 369. The van der Waals surface area contributed by atoms with E-state index in [1.165, 1.54) is 6.42 Å². The lowest BCUT2D eigenvalue weighted by molar-refractivity contribution is 0.294. The van der Waals surface area contributed by atoms with Crippen LogP contribution in [0.25, 0.3) is 0 Å². The Hall–Kier alpha value is -0.350. The van der Waals surface area contributed by atoms with E-state index in [-0.39, 0.29) is 12.4 Å². The summed E-state index contributed by atoms with van der Waals surface area (Å²) in [5, 5.41) is 0. The maximum absolute atomic E-state index is 11.4. The van der Waals surface area contributed by atoms with Crippen LogP contribution in [0, 0.1) is 11.3 Å². The van der Waals surface area contributed by atoms with E-state index in [1.807, 2.05) is 0 Å². The van der Waals surface area contributed by atoms with Gasteiger partial charge in [0.25, 0.3) is 10.1 Å². The van der Waals surface area contributed by atoms with E-state index >= 15 is 0 Å². The van der Waals surface area contributed by atoms with Crippen molar-refractivity contribution in [3.63, 3.8) is 0 Å². The molecule has 4 heteroatoms. The van der Waals surface area contributed by atoms with Gasteiger partial charge >= 0.3 is 0 Å². The van der Waals surface area contributed by atoms with Gasteiger partial charge in [-0.25, -0.2) is 0 Å². The van der Waals surface area contributed by atoms with E-state index in [4.69, 9.17) is 4.18 Å². The summed E-state index contributed by atoms with van der Waals surface area (Å²) in [6, 6.07) is 0. The number of hydrogen-bond donors (Lipinski definition) is 0. The lowest BCUT2D eigenvalue weighted by Gasteiger charge is -2.30. The zero-order valence-electron chi connectivity index (χ0n) is 11.8. The molecule has 1 aliphatic rings. The van der Waals surface area contributed by atoms with Crippen LogP contribution in [0.1, 0.15) is 52.9 Å². The molecular formula is C14H26O3S. The summed E-state index contributed by atoms with van der Waals surface area (Å²) in [5.41, 5.74) is 0.306. The van der Waals surface area contributed by atoms with Crippen molar-refractivity contribution >= 4 is 10.1 Å². The van der Waals surface area contributed by atoms with Crippen LogP contribution < -0.4 is 0 Å². The van der Waals surface area contributed by atoms with Crippen LogP contribution in [0.15, 0.2) is 12.2 Å². The molecule has 0 heterocycles. The maximum Gasteiger partial charge on any atom is 0.267 e. The van der Waals surface area contributed by atoms with E-state index in [9.17, 15) is 8.42 Å². The van der Waals surface area contributed by atoms with Gasteiger partial charge < -0.3 is 0 Å². The van der Waals surface area contributed by atoms with Gasteiger partial charge in [0.05, 0.1) is 12.4 Å². The Balaban J connectivity index is 2.21. The molecule has 0 amide bonds. The molecule has 1 atom stereocenters. The maximum atomic E-state index is 11.4. The summed E-state index contributed by atoms with van der Waals surface area (Å²) in [5.74, 6) is 0.868. The Morgan fingerprint density at radius 2 is 2.06 bits per heavy atom. The molecule has 3 nitrogen and oxygen atoms in total. The first-order valence-electron chi connectivity index (χ1n) is 6.89. The third kappa shape index (κ3) is 6.01. The molecule has 0 aromatic heterocycles. The van der Waals surface area contributed by atoms with Crippen LogP contribution in [0.2, 0.25) is 0 Å². The summed E-state index contributed by atoms with van der Waals surface area (Å²) >= 11 is 0. The first-order chi connectivity index (χ1) is 8.35. The molecule has 0 saturated heterocycles. The molecule has 1 unspecified atom stereocenters. The predicted octanol–water partition coefficient (Wildman–Crippen LogP) is 3.52. The van der Waals surface area contributed by atoms with Gasteiger partial charge in [0.1, 0.15) is 0 Å². The minimum atomic E-state index is -3.27. The molecule has 1 aliphatic carbocycles. The molecule has 0 aromatic rings. The normalized spacial score (nSPS) is 23.2. The molecule has 1 rings (SSSR count). The third-order valence-corrected chi connectivity index (χ3v) is 4.79. The molecule has 0 aliphatic heterocycles. The highest BCUT2D eigenvalue weighted by Gasteiger charge is 2.23. The molecule has 18 heavy (non-hydrogen) atoms. The predicted molar refractivity (Wildman–Crippen MR) is 74.9 cm³/mol. The van der Waals surface area contributed by atoms with Gasteiger partial charge in [-0.2, -0.15) is 8.42 Å². The monoisotopic (exact) mass is 274 g/mol. The number of allylic oxidation sites excluding steroid dienone is 2. The summed E-state index contributed by atoms with van der Waals surface area (Å²) < 4.78 is 27.4. The van der Waals surface area contributed by atoms with Crippen LogP contribution in [0.5, 0.6) is 0 Å². The number of rotatable bonds is 7. The van der Waals surface area contributed by atoms with Crippen LogP contribution in [0.4, 0.5) is 0 Å². The lowest BCUT2D eigenvalue weighted by Crippen LogP contribution is -2.18. The minimum Gasteiger partial charge on any atom is -0.270 e. The highest BCUT2D eigenvalue weighted by atomic mass is 32.2. The SMILES string of the molecule is CCOS(=O)(=O)CCCCC1CC=CC(C)(C)C1. The second-order valence-electron chi connectivity index (χ2n) is 5.86. The minimum absolute atomic E-state index is 0.160. The fraction of sp³-hybridized carbons (Fsp3) is 0.857. The zero-order valence-corrected chi connectivity index (χ0v) is 12.6. The Kier molecular flexibility index (Phi) is 5.86. The second-order valence-corrected chi connectivity index (χ2v) is 7.62. The van der Waals surface area contributed by atoms with Crippen molar-refractivity contribution in [3.8, 4) is 0 Å². The van der Waals surface area contributed by atoms with Crippen molar-refractivity contribution in [1.29, 1.82) is 0 Å². The average molecular weight is 274 g/mol. The zero-order chi connectivity index (χ0) is 13.6. The van der Waals surface area contributed by atoms with E-state index < -0.39 is 10.1 Å². The van der Waals surface area contributed by atoms with Crippen LogP contribution >= 0.6 is 0 Å². The summed E-state index contributed by atoms with van der Waals surface area (Å²) in [6.07, 6.45) is 9.72. The molecule has 0 fully saturated rings. The van der Waals surface area contributed by atoms with Crippen LogP contribution in [-0.4, -0.2) is 20.8 Å². The molecule has 0 bridgehead atoms. The van der Waals surface area contributed by atoms with E-state index in [0.717, 1.165) is 19.3 Å². The van der Waals surface area contributed by atoms with Gasteiger partial charge in [-0.1, -0.05) is 38.8 Å². The number of hydrogen-bond acceptors (Lipinski definition) is 3. The van der Waals surface area contributed by atoms with Crippen LogP contribution in [-0.2, 0) is 14.3 Å². The largest absolute Gasteiger partial charge is 0.270 e. The van der Waals surface area contributed by atoms with Gasteiger partial charge in [0.2, 0.25) is 0 Å². The van der Waals surface area contributed by atoms with Gasteiger partial charge in [0.15, 0.2) is 0 Å². The molecule has 0 aromatic carbocycles. The fourth-order valence-corrected chi connectivity index (χ4v) is 3.68. The lowest BCUT2D eigenvalue weighted by atomic mass is 9.75. The molecule has 106 valence electrons. The highest BCUT2D eigenvalue weighted by Crippen LogP contribution is 2.35. The molecule has 0 saturated carbocycles. The number of unbranched alkanes of at least 4 members (excludes halogenated alkanes) is 1. The van der Waals surface area contributed by atoms with Crippen molar-refractivity contribution in [3.05, 3.63) is 12.2 Å². The second kappa shape index (κ2) is 6.71. The molecule has 0 radical (unpaired) electrons. The quantitative estimate of drug-likeness (QED) is 0.405. The van der Waals surface area contributed by atoms with Crippen molar-refractivity contribution in [2.75, 3.05) is 12.4 Å². The van der Waals surface area contributed by atoms with Crippen molar-refractivity contribution in [2.24, 2.45) is 11.3 Å². The fourth-order valence-electron chi connectivity index (χ4n) is 2.65. The van der Waals surface area contributed by atoms with E-state index in [1.54, 1.807) is 6.92 Å². The third-order valence-electron chi connectivity index (χ3n) is 3.41. The smallest absolute Gasteiger partial charge is 0.267 e. The molecule has 0 spiro atoms. The van der Waals surface area contributed by atoms with E-state index in [0.29, 0.717) is 17.8 Å². The summed E-state index contributed by atoms with van der Waals surface area (Å²) in [4.78, 5) is 0. The Morgan fingerprint density at radius 3 is 2.67 bits per heavy atom. The van der Waals surface area contributed by atoms with Crippen LogP contribution in [0.3, 0.4) is 0 Å². The van der Waals surface area contributed by atoms with Gasteiger partial charge in [0, 0.05) is 0 Å². The van der Waals surface area contributed by atoms with Crippen molar-refractivity contribution in [1.82, 2.24) is 0 Å². The van der Waals surface area contributed by atoms with Crippen molar-refractivity contribution < 1.29 is 12.6 Å². The first-order valence-corrected chi connectivity index (χ1v) is 8.47. The van der Waals surface area contributed by atoms with E-state index in [2.05, 4.69) is 26.0 Å². The average Bonchev–Trinajstić information content (AvgIpc) is 2.23. The van der Waals surface area contributed by atoms with Gasteiger partial charge in [-0.05, 0) is 37.5 Å². The summed E-state index contributed by atoms with van der Waals surface area (Å²) in [6.45, 7) is 6.46. The van der Waals surface area contributed by atoms with Gasteiger partial charge in [-0.15, -0.1) is 0 Å². The first kappa shape index (κ1) is 15.7. The summed E-state index contributed by atoms with van der Waals surface area (Å²) in [7, 11) is -3.27. The Labute approximate surface area is 112 Å². The van der Waals surface area contributed by atoms with Gasteiger partial charge in [-0.3, -0.25) is 4.18 Å². The molecular weight excluding hydrogens is 248 g/mol. The van der Waals surface area contributed by atoms with Crippen molar-refractivity contribution in [2.45, 2.75) is 52.9 Å². The molecule has 0 N–H and O–H groups in total. The standard InChI is InChI=1S/C14H26O3S/c1-4-17-18(15,16)11-6-5-8-13-9-7-10-14(2,3)12-13/h7,10,13H,4-6,8-9,11-12H2,1-3H3. The topological polar surface area (TPSA) is 43.4 Å². The highest BCUT2D eigenvalue weighted by molar-refractivity contribution is 7.86. The Morgan fingerprint density at radius 1 is 1.33 bits per heavy atom.